The molecule has 2 aromatic rings. The molecule has 0 radical (unpaired) electrons. The first kappa shape index (κ1) is 21.5. The van der Waals surface area contributed by atoms with Crippen LogP contribution in [0.1, 0.15) is 31.0 Å². The molecular formula is C23H20ClFN2O3S. The van der Waals surface area contributed by atoms with Crippen molar-refractivity contribution < 1.29 is 18.7 Å². The van der Waals surface area contributed by atoms with E-state index in [1.54, 1.807) is 38.1 Å². The monoisotopic (exact) mass is 458 g/mol. The number of aliphatic imine (C=N–C) groups is 1. The van der Waals surface area contributed by atoms with Gasteiger partial charge in [0.1, 0.15) is 18.2 Å². The second-order valence-electron chi connectivity index (χ2n) is 6.94. The van der Waals surface area contributed by atoms with Gasteiger partial charge in [-0.25, -0.2) is 14.2 Å². The molecule has 0 bridgehead atoms. The molecule has 0 fully saturated rings. The largest absolute Gasteiger partial charge is 0.487 e. The number of carbonyl (C=O) groups is 1. The van der Waals surface area contributed by atoms with Gasteiger partial charge in [0.05, 0.1) is 28.9 Å². The third-order valence-electron chi connectivity index (χ3n) is 4.87. The molecule has 0 spiro atoms. The maximum atomic E-state index is 13.4. The number of benzene rings is 2. The first-order chi connectivity index (χ1) is 15.0. The van der Waals surface area contributed by atoms with Crippen molar-refractivity contribution >= 4 is 34.5 Å². The minimum atomic E-state index is -0.410. The molecule has 5 nitrogen and oxygen atoms in total. The van der Waals surface area contributed by atoms with Crippen LogP contribution < -0.4 is 4.74 Å². The molecule has 0 aromatic heterocycles. The lowest BCUT2D eigenvalue weighted by Crippen LogP contribution is -2.34. The van der Waals surface area contributed by atoms with Crippen LogP contribution in [-0.2, 0) is 16.1 Å². The van der Waals surface area contributed by atoms with Crippen LogP contribution in [0.3, 0.4) is 0 Å². The normalized spacial score (nSPS) is 17.5. The zero-order valence-electron chi connectivity index (χ0n) is 17.0. The Kier molecular flexibility index (Phi) is 6.34. The van der Waals surface area contributed by atoms with Crippen molar-refractivity contribution in [1.29, 1.82) is 0 Å². The number of thioether (sulfide) groups is 1. The van der Waals surface area contributed by atoms with Gasteiger partial charge < -0.3 is 14.4 Å². The molecule has 4 rings (SSSR count). The molecule has 0 N–H and O–H groups in total. The number of carbonyl (C=O) groups excluding carboxylic acids is 1. The van der Waals surface area contributed by atoms with Crippen molar-refractivity contribution in [3.05, 3.63) is 87.3 Å². The highest BCUT2D eigenvalue weighted by Gasteiger charge is 2.37. The summed E-state index contributed by atoms with van der Waals surface area (Å²) in [6.45, 7) is 4.04. The van der Waals surface area contributed by atoms with Crippen LogP contribution in [0.5, 0.6) is 5.75 Å². The summed E-state index contributed by atoms with van der Waals surface area (Å²) in [6.07, 6.45) is 1.89. The van der Waals surface area contributed by atoms with E-state index in [1.807, 2.05) is 22.6 Å². The molecule has 2 heterocycles. The van der Waals surface area contributed by atoms with E-state index in [1.165, 1.54) is 23.9 Å². The highest BCUT2D eigenvalue weighted by Crippen LogP contribution is 2.42. The van der Waals surface area contributed by atoms with Crippen LogP contribution in [0, 0.1) is 5.82 Å². The second kappa shape index (κ2) is 9.16. The lowest BCUT2D eigenvalue weighted by molar-refractivity contribution is -0.139. The zero-order valence-corrected chi connectivity index (χ0v) is 18.5. The van der Waals surface area contributed by atoms with Crippen molar-refractivity contribution in [3.63, 3.8) is 0 Å². The Labute approximate surface area is 189 Å². The number of allylic oxidation sites excluding steroid dienone is 1. The van der Waals surface area contributed by atoms with E-state index in [0.29, 0.717) is 27.6 Å². The summed E-state index contributed by atoms with van der Waals surface area (Å²) in [4.78, 5) is 19.2. The molecule has 0 saturated heterocycles. The summed E-state index contributed by atoms with van der Waals surface area (Å²) in [5, 5.41) is 3.11. The van der Waals surface area contributed by atoms with Crippen LogP contribution in [0.4, 0.5) is 4.39 Å². The van der Waals surface area contributed by atoms with Gasteiger partial charge in [0.15, 0.2) is 5.17 Å². The van der Waals surface area contributed by atoms with Gasteiger partial charge in [0.2, 0.25) is 0 Å². The van der Waals surface area contributed by atoms with Crippen LogP contribution in [0.2, 0.25) is 5.02 Å². The molecule has 2 aliphatic rings. The maximum Gasteiger partial charge on any atom is 0.338 e. The number of hydrogen-bond donors (Lipinski definition) is 0. The molecule has 160 valence electrons. The number of halogens is 2. The van der Waals surface area contributed by atoms with E-state index in [-0.39, 0.29) is 19.0 Å². The summed E-state index contributed by atoms with van der Waals surface area (Å²) < 4.78 is 24.5. The van der Waals surface area contributed by atoms with E-state index >= 15 is 0 Å². The van der Waals surface area contributed by atoms with E-state index in [4.69, 9.17) is 21.1 Å². The predicted molar refractivity (Wildman–Crippen MR) is 120 cm³/mol. The molecule has 2 aliphatic heterocycles. The van der Waals surface area contributed by atoms with Crippen molar-refractivity contribution in [3.8, 4) is 5.75 Å². The van der Waals surface area contributed by atoms with E-state index in [0.717, 1.165) is 10.7 Å². The summed E-state index contributed by atoms with van der Waals surface area (Å²) in [5.74, 6) is -0.243. The Morgan fingerprint density at radius 3 is 2.87 bits per heavy atom. The van der Waals surface area contributed by atoms with Gasteiger partial charge in [-0.15, -0.1) is 0 Å². The number of hydrogen-bond acceptors (Lipinski definition) is 6. The van der Waals surface area contributed by atoms with Gasteiger partial charge in [-0.3, -0.25) is 0 Å². The summed E-state index contributed by atoms with van der Waals surface area (Å²) in [7, 11) is 0. The Morgan fingerprint density at radius 2 is 2.13 bits per heavy atom. The highest BCUT2D eigenvalue weighted by atomic mass is 35.5. The fraction of sp³-hybridized carbons (Fsp3) is 0.217. The average Bonchev–Trinajstić information content (AvgIpc) is 3.20. The Hall–Kier alpha value is -2.77. The molecule has 2 aromatic carbocycles. The van der Waals surface area contributed by atoms with Gasteiger partial charge in [-0.05, 0) is 54.6 Å². The molecule has 0 unspecified atom stereocenters. The molecule has 0 amide bonds. The standard InChI is InChI=1S/C23H20ClFN2O3S/c1-3-29-22(28)20-14(2)26-23-27(9-10-31-23)21(20)16-7-8-19(18(24)12-16)30-13-15-5-4-6-17(25)11-15/h4-12,21H,3,13H2,1-2H3/t21-/m1/s1. The zero-order chi connectivity index (χ0) is 22.0. The van der Waals surface area contributed by atoms with E-state index in [9.17, 15) is 9.18 Å². The Balaban J connectivity index is 1.62. The van der Waals surface area contributed by atoms with Gasteiger partial charge in [0.25, 0.3) is 0 Å². The van der Waals surface area contributed by atoms with E-state index in [2.05, 4.69) is 4.99 Å². The molecule has 0 saturated carbocycles. The number of esters is 1. The van der Waals surface area contributed by atoms with Crippen LogP contribution in [0.25, 0.3) is 0 Å². The summed E-state index contributed by atoms with van der Waals surface area (Å²) in [5.41, 5.74) is 2.61. The first-order valence-electron chi connectivity index (χ1n) is 9.73. The van der Waals surface area contributed by atoms with Gasteiger partial charge in [-0.2, -0.15) is 0 Å². The van der Waals surface area contributed by atoms with Crippen molar-refractivity contribution in [1.82, 2.24) is 4.90 Å². The lowest BCUT2D eigenvalue weighted by Gasteiger charge is -2.33. The second-order valence-corrected chi connectivity index (χ2v) is 8.22. The third kappa shape index (κ3) is 4.48. The minimum Gasteiger partial charge on any atom is -0.487 e. The van der Waals surface area contributed by atoms with Gasteiger partial charge in [0, 0.05) is 6.20 Å². The average molecular weight is 459 g/mol. The fourth-order valence-corrected chi connectivity index (χ4v) is 4.53. The Bertz CT molecular complexity index is 1120. The number of amidine groups is 1. The van der Waals surface area contributed by atoms with Crippen LogP contribution in [0.15, 0.2) is 70.3 Å². The van der Waals surface area contributed by atoms with Gasteiger partial charge in [-0.1, -0.05) is 41.6 Å². The fourth-order valence-electron chi connectivity index (χ4n) is 3.49. The summed E-state index contributed by atoms with van der Waals surface area (Å²) >= 11 is 8.00. The van der Waals surface area contributed by atoms with Crippen molar-refractivity contribution in [2.75, 3.05) is 6.61 Å². The van der Waals surface area contributed by atoms with Crippen LogP contribution >= 0.6 is 23.4 Å². The quantitative estimate of drug-likeness (QED) is 0.510. The summed E-state index contributed by atoms with van der Waals surface area (Å²) in [6, 6.07) is 11.2. The smallest absolute Gasteiger partial charge is 0.338 e. The van der Waals surface area contributed by atoms with Gasteiger partial charge >= 0.3 is 5.97 Å². The maximum absolute atomic E-state index is 13.4. The van der Waals surface area contributed by atoms with Crippen molar-refractivity contribution in [2.24, 2.45) is 4.99 Å². The van der Waals surface area contributed by atoms with E-state index < -0.39 is 12.0 Å². The minimum absolute atomic E-state index is 0.190. The first-order valence-corrected chi connectivity index (χ1v) is 11.0. The molecule has 8 heteroatoms. The molecule has 0 aliphatic carbocycles. The third-order valence-corrected chi connectivity index (χ3v) is 5.94. The number of fused-ring (bicyclic) bond motifs is 1. The predicted octanol–water partition coefficient (Wildman–Crippen LogP) is 5.83. The lowest BCUT2D eigenvalue weighted by atomic mass is 9.94. The Morgan fingerprint density at radius 1 is 1.29 bits per heavy atom. The SMILES string of the molecule is CCOC(=O)C1=C(C)N=C2SC=CN2[C@@H]1c1ccc(OCc2cccc(F)c2)c(Cl)c1. The molecular weight excluding hydrogens is 439 g/mol. The molecule has 31 heavy (non-hydrogen) atoms. The van der Waals surface area contributed by atoms with Crippen LogP contribution in [-0.4, -0.2) is 22.6 Å². The molecule has 1 atom stereocenters. The topological polar surface area (TPSA) is 51.1 Å². The number of nitrogens with zero attached hydrogens (tertiary/aromatic N) is 2. The van der Waals surface area contributed by atoms with Crippen molar-refractivity contribution in [2.45, 2.75) is 26.5 Å². The number of ether oxygens (including phenoxy) is 2. The number of rotatable bonds is 6. The highest BCUT2D eigenvalue weighted by molar-refractivity contribution is 8.16.